The summed E-state index contributed by atoms with van der Waals surface area (Å²) in [5.74, 6) is -5.00. The van der Waals surface area contributed by atoms with Gasteiger partial charge in [0.2, 0.25) is 5.91 Å². The van der Waals surface area contributed by atoms with Crippen molar-refractivity contribution in [2.75, 3.05) is 6.61 Å². The van der Waals surface area contributed by atoms with Crippen molar-refractivity contribution in [2.24, 2.45) is 0 Å². The SMILES string of the molecule is CCCCCCCC(=O)N[C@H]1C([C@H](O)[C@H](O)CO)OC(O)(C(=O)O)C[C@@H]1O. The summed E-state index contributed by atoms with van der Waals surface area (Å²) in [7, 11) is 0. The van der Waals surface area contributed by atoms with Crippen molar-refractivity contribution in [1.29, 1.82) is 0 Å². The molecule has 0 spiro atoms. The summed E-state index contributed by atoms with van der Waals surface area (Å²) in [6.45, 7) is 1.21. The predicted octanol–water partition coefficient (Wildman–Crippen LogP) is -1.53. The predicted molar refractivity (Wildman–Crippen MR) is 92.5 cm³/mol. The largest absolute Gasteiger partial charge is 0.477 e. The molecule has 7 N–H and O–H groups in total. The van der Waals surface area contributed by atoms with Crippen LogP contribution in [0.1, 0.15) is 51.9 Å². The Morgan fingerprint density at radius 1 is 1.22 bits per heavy atom. The molecule has 0 saturated carbocycles. The van der Waals surface area contributed by atoms with E-state index < -0.39 is 61.1 Å². The summed E-state index contributed by atoms with van der Waals surface area (Å²) in [6.07, 6.45) is -2.69. The standard InChI is InChI=1S/C17H31NO9/c1-2-3-4-5-6-7-12(22)18-13-10(20)8-17(26,16(24)25)27-15(13)14(23)11(21)9-19/h10-11,13-15,19-21,23,26H,2-9H2,1H3,(H,18,22)(H,24,25)/t10-,11+,13+,14+,15?,17?/m0/s1. The second-order valence-electron chi connectivity index (χ2n) is 6.94. The normalized spacial score (nSPS) is 30.5. The van der Waals surface area contributed by atoms with Gasteiger partial charge in [0, 0.05) is 12.8 Å². The highest BCUT2D eigenvalue weighted by Gasteiger charge is 2.53. The van der Waals surface area contributed by atoms with Gasteiger partial charge in [-0.3, -0.25) is 4.79 Å². The molecule has 0 bridgehead atoms. The molecule has 1 fully saturated rings. The van der Waals surface area contributed by atoms with Gasteiger partial charge in [0.05, 0.1) is 18.8 Å². The van der Waals surface area contributed by atoms with Gasteiger partial charge in [0.25, 0.3) is 5.79 Å². The first-order valence-electron chi connectivity index (χ1n) is 9.24. The minimum atomic E-state index is -2.79. The molecule has 1 saturated heterocycles. The third kappa shape index (κ3) is 6.66. The van der Waals surface area contributed by atoms with E-state index in [1.165, 1.54) is 0 Å². The lowest BCUT2D eigenvalue weighted by Gasteiger charge is -2.44. The fourth-order valence-electron chi connectivity index (χ4n) is 3.05. The molecule has 158 valence electrons. The number of carboxylic acids is 1. The van der Waals surface area contributed by atoms with Crippen molar-refractivity contribution in [1.82, 2.24) is 5.32 Å². The Morgan fingerprint density at radius 2 is 1.85 bits per heavy atom. The van der Waals surface area contributed by atoms with Gasteiger partial charge in [-0.05, 0) is 6.42 Å². The number of carbonyl (C=O) groups is 2. The molecule has 2 unspecified atom stereocenters. The highest BCUT2D eigenvalue weighted by Crippen LogP contribution is 2.30. The third-order valence-electron chi connectivity index (χ3n) is 4.67. The van der Waals surface area contributed by atoms with E-state index in [0.717, 1.165) is 25.7 Å². The number of nitrogens with one attached hydrogen (secondary N) is 1. The van der Waals surface area contributed by atoms with Crippen molar-refractivity contribution in [3.8, 4) is 0 Å². The Morgan fingerprint density at radius 3 is 2.41 bits per heavy atom. The maximum Gasteiger partial charge on any atom is 0.364 e. The fraction of sp³-hybridized carbons (Fsp3) is 0.882. The highest BCUT2D eigenvalue weighted by molar-refractivity contribution is 5.77. The Bertz CT molecular complexity index is 489. The smallest absolute Gasteiger partial charge is 0.364 e. The van der Waals surface area contributed by atoms with Crippen LogP contribution in [0.3, 0.4) is 0 Å². The van der Waals surface area contributed by atoms with Crippen molar-refractivity contribution in [3.63, 3.8) is 0 Å². The molecule has 0 aromatic heterocycles. The van der Waals surface area contributed by atoms with Gasteiger partial charge in [0.15, 0.2) is 0 Å². The van der Waals surface area contributed by atoms with Gasteiger partial charge >= 0.3 is 5.97 Å². The van der Waals surface area contributed by atoms with Gasteiger partial charge in [-0.15, -0.1) is 0 Å². The van der Waals surface area contributed by atoms with E-state index in [-0.39, 0.29) is 6.42 Å². The number of rotatable bonds is 11. The lowest BCUT2D eigenvalue weighted by Crippen LogP contribution is -2.67. The second kappa shape index (κ2) is 10.9. The number of amides is 1. The van der Waals surface area contributed by atoms with Crippen molar-refractivity contribution >= 4 is 11.9 Å². The fourth-order valence-corrected chi connectivity index (χ4v) is 3.05. The first kappa shape index (κ1) is 23.7. The first-order chi connectivity index (χ1) is 12.7. The minimum absolute atomic E-state index is 0.168. The zero-order valence-corrected chi connectivity index (χ0v) is 15.5. The van der Waals surface area contributed by atoms with Crippen molar-refractivity contribution in [3.05, 3.63) is 0 Å². The summed E-state index contributed by atoms with van der Waals surface area (Å²) < 4.78 is 5.02. The van der Waals surface area contributed by atoms with Gasteiger partial charge < -0.3 is 40.7 Å². The van der Waals surface area contributed by atoms with E-state index in [2.05, 4.69) is 12.2 Å². The van der Waals surface area contributed by atoms with Crippen LogP contribution in [0.4, 0.5) is 0 Å². The average Bonchev–Trinajstić information content (AvgIpc) is 2.62. The lowest BCUT2D eigenvalue weighted by atomic mass is 9.88. The quantitative estimate of drug-likeness (QED) is 0.205. The molecule has 0 aliphatic carbocycles. The van der Waals surface area contributed by atoms with Gasteiger partial charge in [-0.2, -0.15) is 0 Å². The van der Waals surface area contributed by atoms with Crippen LogP contribution in [0.2, 0.25) is 0 Å². The average molecular weight is 393 g/mol. The summed E-state index contributed by atoms with van der Waals surface area (Å²) in [6, 6.07) is -1.26. The van der Waals surface area contributed by atoms with Crippen LogP contribution in [0.15, 0.2) is 0 Å². The van der Waals surface area contributed by atoms with E-state index in [1.807, 2.05) is 0 Å². The molecule has 1 aliphatic heterocycles. The second-order valence-corrected chi connectivity index (χ2v) is 6.94. The molecule has 0 aromatic carbocycles. The van der Waals surface area contributed by atoms with E-state index in [9.17, 15) is 30.0 Å². The van der Waals surface area contributed by atoms with E-state index in [0.29, 0.717) is 6.42 Å². The van der Waals surface area contributed by atoms with E-state index in [4.69, 9.17) is 14.9 Å². The number of aliphatic hydroxyl groups is 5. The molecule has 0 radical (unpaired) electrons. The Labute approximate surface area is 157 Å². The maximum absolute atomic E-state index is 12.1. The van der Waals surface area contributed by atoms with Crippen LogP contribution in [0, 0.1) is 0 Å². The molecular formula is C17H31NO9. The molecular weight excluding hydrogens is 362 g/mol. The van der Waals surface area contributed by atoms with Crippen LogP contribution >= 0.6 is 0 Å². The number of carboxylic acid groups (broad SMARTS) is 1. The number of carbonyl (C=O) groups excluding carboxylic acids is 1. The first-order valence-corrected chi connectivity index (χ1v) is 9.24. The number of unbranched alkanes of at least 4 members (excludes halogenated alkanes) is 4. The van der Waals surface area contributed by atoms with Crippen LogP contribution < -0.4 is 5.32 Å². The number of hydrogen-bond donors (Lipinski definition) is 7. The molecule has 0 aromatic rings. The van der Waals surface area contributed by atoms with E-state index in [1.54, 1.807) is 0 Å². The number of aliphatic carboxylic acids is 1. The summed E-state index contributed by atoms with van der Waals surface area (Å²) in [5.41, 5.74) is 0. The topological polar surface area (TPSA) is 177 Å². The summed E-state index contributed by atoms with van der Waals surface area (Å²) in [5, 5.41) is 60.6. The Balaban J connectivity index is 2.81. The third-order valence-corrected chi connectivity index (χ3v) is 4.67. The van der Waals surface area contributed by atoms with Crippen LogP contribution in [-0.4, -0.2) is 85.4 Å². The van der Waals surface area contributed by atoms with Crippen LogP contribution in [-0.2, 0) is 14.3 Å². The van der Waals surface area contributed by atoms with Gasteiger partial charge in [0.1, 0.15) is 18.3 Å². The minimum Gasteiger partial charge on any atom is -0.477 e. The molecule has 1 rings (SSSR count). The van der Waals surface area contributed by atoms with Gasteiger partial charge in [-0.1, -0.05) is 32.6 Å². The monoisotopic (exact) mass is 393 g/mol. The molecule has 10 nitrogen and oxygen atoms in total. The van der Waals surface area contributed by atoms with E-state index >= 15 is 0 Å². The number of aliphatic hydroxyl groups excluding tert-OH is 4. The van der Waals surface area contributed by atoms with Crippen molar-refractivity contribution in [2.45, 2.75) is 88.1 Å². The molecule has 1 heterocycles. The number of ether oxygens (including phenoxy) is 1. The summed E-state index contributed by atoms with van der Waals surface area (Å²) in [4.78, 5) is 23.4. The Hall–Kier alpha value is -1.30. The zero-order chi connectivity index (χ0) is 20.6. The number of hydrogen-bond acceptors (Lipinski definition) is 8. The van der Waals surface area contributed by atoms with Crippen LogP contribution in [0.5, 0.6) is 0 Å². The summed E-state index contributed by atoms with van der Waals surface area (Å²) >= 11 is 0. The Kier molecular flexibility index (Phi) is 9.57. The molecule has 1 amide bonds. The molecule has 27 heavy (non-hydrogen) atoms. The van der Waals surface area contributed by atoms with Crippen molar-refractivity contribution < 1.29 is 45.0 Å². The lowest BCUT2D eigenvalue weighted by molar-refractivity contribution is -0.295. The van der Waals surface area contributed by atoms with Gasteiger partial charge in [-0.25, -0.2) is 4.79 Å². The zero-order valence-electron chi connectivity index (χ0n) is 15.5. The maximum atomic E-state index is 12.1. The van der Waals surface area contributed by atoms with Crippen LogP contribution in [0.25, 0.3) is 0 Å². The molecule has 1 aliphatic rings. The highest BCUT2D eigenvalue weighted by atomic mass is 16.7. The molecule has 10 heteroatoms. The molecule has 6 atom stereocenters.